The zero-order valence-electron chi connectivity index (χ0n) is 17.5. The Balaban J connectivity index is 1.44. The van der Waals surface area contributed by atoms with Gasteiger partial charge in [-0.1, -0.05) is 36.4 Å². The summed E-state index contributed by atoms with van der Waals surface area (Å²) in [6.07, 6.45) is 0.467. The molecule has 4 aromatic rings. The smallest absolute Gasteiger partial charge is 0.287 e. The van der Waals surface area contributed by atoms with Crippen molar-refractivity contribution in [3.63, 3.8) is 0 Å². The van der Waals surface area contributed by atoms with E-state index in [2.05, 4.69) is 11.4 Å². The number of fused-ring (bicyclic) bond motifs is 1. The molecule has 1 amide bonds. The molecule has 1 unspecified atom stereocenters. The van der Waals surface area contributed by atoms with Gasteiger partial charge in [-0.15, -0.1) is 0 Å². The van der Waals surface area contributed by atoms with Gasteiger partial charge in [0.15, 0.2) is 5.76 Å². The van der Waals surface area contributed by atoms with E-state index in [1.165, 1.54) is 0 Å². The number of hydrogen-bond acceptors (Lipinski definition) is 5. The maximum atomic E-state index is 12.7. The van der Waals surface area contributed by atoms with Crippen LogP contribution in [-0.4, -0.2) is 30.8 Å². The maximum Gasteiger partial charge on any atom is 0.287 e. The van der Waals surface area contributed by atoms with Crippen LogP contribution < -0.4 is 10.1 Å². The van der Waals surface area contributed by atoms with E-state index in [1.54, 1.807) is 37.4 Å². The van der Waals surface area contributed by atoms with Crippen LogP contribution >= 0.6 is 0 Å². The van der Waals surface area contributed by atoms with E-state index in [9.17, 15) is 9.90 Å². The first-order chi connectivity index (χ1) is 15.6. The molecule has 6 nitrogen and oxygen atoms in total. The summed E-state index contributed by atoms with van der Waals surface area (Å²) in [5, 5.41) is 22.5. The molecular weight excluding hydrogens is 404 g/mol. The second-order valence-electron chi connectivity index (χ2n) is 7.46. The number of carbonyl (C=O) groups excluding carboxylic acids is 1. The topological polar surface area (TPSA) is 95.5 Å². The molecule has 0 aliphatic carbocycles. The lowest BCUT2D eigenvalue weighted by molar-refractivity contribution is 0.0890. The fraction of sp³-hybridized carbons (Fsp3) is 0.154. The quantitative estimate of drug-likeness (QED) is 0.459. The SMILES string of the molecule is COc1ccc2oc(C(=O)NC(CO)Cc3ccc(-c4cccc(C#N)c4)cc3)cc2c1. The van der Waals surface area contributed by atoms with Crippen LogP contribution in [0.15, 0.2) is 77.2 Å². The summed E-state index contributed by atoms with van der Waals surface area (Å²) in [4.78, 5) is 12.7. The predicted octanol–water partition coefficient (Wildman–Crippen LogP) is 4.31. The van der Waals surface area contributed by atoms with Crippen LogP contribution in [0.1, 0.15) is 21.7 Å². The lowest BCUT2D eigenvalue weighted by Gasteiger charge is -2.16. The van der Waals surface area contributed by atoms with Gasteiger partial charge in [-0.3, -0.25) is 4.79 Å². The average Bonchev–Trinajstić information content (AvgIpc) is 3.27. The van der Waals surface area contributed by atoms with Crippen LogP contribution in [0.5, 0.6) is 5.75 Å². The summed E-state index contributed by atoms with van der Waals surface area (Å²) in [5.41, 5.74) is 4.13. The van der Waals surface area contributed by atoms with Crippen LogP contribution in [-0.2, 0) is 6.42 Å². The molecule has 1 atom stereocenters. The van der Waals surface area contributed by atoms with Crippen molar-refractivity contribution in [2.75, 3.05) is 13.7 Å². The molecule has 160 valence electrons. The Morgan fingerprint density at radius 3 is 2.62 bits per heavy atom. The van der Waals surface area contributed by atoms with E-state index in [0.29, 0.717) is 23.3 Å². The van der Waals surface area contributed by atoms with Gasteiger partial charge in [-0.25, -0.2) is 0 Å². The summed E-state index contributed by atoms with van der Waals surface area (Å²) >= 11 is 0. The minimum atomic E-state index is -0.460. The number of nitriles is 1. The number of hydrogen-bond donors (Lipinski definition) is 2. The molecule has 4 rings (SSSR count). The number of aliphatic hydroxyl groups excluding tert-OH is 1. The number of rotatable bonds is 7. The molecule has 3 aromatic carbocycles. The highest BCUT2D eigenvalue weighted by Gasteiger charge is 2.17. The Kier molecular flexibility index (Phi) is 6.20. The van der Waals surface area contributed by atoms with E-state index in [4.69, 9.17) is 14.4 Å². The zero-order chi connectivity index (χ0) is 22.5. The number of nitrogens with zero attached hydrogens (tertiary/aromatic N) is 1. The van der Waals surface area contributed by atoms with Crippen molar-refractivity contribution in [3.05, 3.63) is 89.7 Å². The molecule has 1 aromatic heterocycles. The monoisotopic (exact) mass is 426 g/mol. The molecule has 0 saturated heterocycles. The molecule has 6 heteroatoms. The summed E-state index contributed by atoms with van der Waals surface area (Å²) in [7, 11) is 1.58. The summed E-state index contributed by atoms with van der Waals surface area (Å²) < 4.78 is 10.8. The van der Waals surface area contributed by atoms with Gasteiger partial charge in [-0.2, -0.15) is 5.26 Å². The van der Waals surface area contributed by atoms with E-state index in [1.807, 2.05) is 42.5 Å². The van der Waals surface area contributed by atoms with Crippen molar-refractivity contribution in [1.82, 2.24) is 5.32 Å². The Hall–Kier alpha value is -4.08. The number of furan rings is 1. The van der Waals surface area contributed by atoms with Crippen LogP contribution in [0.4, 0.5) is 0 Å². The summed E-state index contributed by atoms with van der Waals surface area (Å²) in [6.45, 7) is -0.203. The summed E-state index contributed by atoms with van der Waals surface area (Å²) in [5.74, 6) is 0.477. The van der Waals surface area contributed by atoms with Crippen molar-refractivity contribution in [2.45, 2.75) is 12.5 Å². The summed E-state index contributed by atoms with van der Waals surface area (Å²) in [6, 6.07) is 23.9. The Morgan fingerprint density at radius 1 is 1.09 bits per heavy atom. The predicted molar refractivity (Wildman–Crippen MR) is 121 cm³/mol. The van der Waals surface area contributed by atoms with Crippen LogP contribution in [0.25, 0.3) is 22.1 Å². The van der Waals surface area contributed by atoms with Crippen LogP contribution in [0, 0.1) is 11.3 Å². The highest BCUT2D eigenvalue weighted by atomic mass is 16.5. The van der Waals surface area contributed by atoms with Crippen molar-refractivity contribution in [2.24, 2.45) is 0 Å². The first kappa shape index (κ1) is 21.2. The second kappa shape index (κ2) is 9.38. The first-order valence-electron chi connectivity index (χ1n) is 10.2. The van der Waals surface area contributed by atoms with Gasteiger partial charge in [0.1, 0.15) is 11.3 Å². The second-order valence-corrected chi connectivity index (χ2v) is 7.46. The Morgan fingerprint density at radius 2 is 1.91 bits per heavy atom. The highest BCUT2D eigenvalue weighted by Crippen LogP contribution is 2.24. The minimum absolute atomic E-state index is 0.180. The molecule has 0 aliphatic rings. The van der Waals surface area contributed by atoms with E-state index in [0.717, 1.165) is 22.1 Å². The van der Waals surface area contributed by atoms with Gasteiger partial charge in [0.25, 0.3) is 5.91 Å². The average molecular weight is 426 g/mol. The standard InChI is InChI=1S/C26H22N2O4/c1-31-23-9-10-24-21(13-23)14-25(32-24)26(30)28-22(16-29)12-17-5-7-19(8-6-17)20-4-2-3-18(11-20)15-27/h2-11,13-14,22,29H,12,16H2,1H3,(H,28,30). The fourth-order valence-electron chi connectivity index (χ4n) is 3.56. The lowest BCUT2D eigenvalue weighted by Crippen LogP contribution is -2.38. The number of carbonyl (C=O) groups is 1. The largest absolute Gasteiger partial charge is 0.497 e. The zero-order valence-corrected chi connectivity index (χ0v) is 17.5. The molecular formula is C26H22N2O4. The molecule has 2 N–H and O–H groups in total. The van der Waals surface area contributed by atoms with Crippen LogP contribution in [0.3, 0.4) is 0 Å². The van der Waals surface area contributed by atoms with Crippen molar-refractivity contribution in [3.8, 4) is 22.9 Å². The van der Waals surface area contributed by atoms with Gasteiger partial charge >= 0.3 is 0 Å². The third-order valence-electron chi connectivity index (χ3n) is 5.26. The Bertz CT molecular complexity index is 1290. The van der Waals surface area contributed by atoms with Gasteiger partial charge in [0, 0.05) is 5.39 Å². The molecule has 0 spiro atoms. The van der Waals surface area contributed by atoms with E-state index in [-0.39, 0.29) is 18.3 Å². The van der Waals surface area contributed by atoms with E-state index < -0.39 is 6.04 Å². The van der Waals surface area contributed by atoms with Crippen molar-refractivity contribution < 1.29 is 19.1 Å². The van der Waals surface area contributed by atoms with Gasteiger partial charge in [-0.05, 0) is 59.5 Å². The number of nitrogens with one attached hydrogen (secondary N) is 1. The molecule has 0 aliphatic heterocycles. The lowest BCUT2D eigenvalue weighted by atomic mass is 9.99. The van der Waals surface area contributed by atoms with Gasteiger partial charge < -0.3 is 19.6 Å². The first-order valence-corrected chi connectivity index (χ1v) is 10.2. The third-order valence-corrected chi connectivity index (χ3v) is 5.26. The fourth-order valence-corrected chi connectivity index (χ4v) is 3.56. The number of amides is 1. The molecule has 0 saturated carbocycles. The molecule has 1 heterocycles. The normalized spacial score (nSPS) is 11.7. The molecule has 0 radical (unpaired) electrons. The Labute approximate surface area is 185 Å². The molecule has 0 fully saturated rings. The molecule has 32 heavy (non-hydrogen) atoms. The van der Waals surface area contributed by atoms with Crippen molar-refractivity contribution >= 4 is 16.9 Å². The number of ether oxygens (including phenoxy) is 1. The van der Waals surface area contributed by atoms with E-state index >= 15 is 0 Å². The third kappa shape index (κ3) is 4.64. The van der Waals surface area contributed by atoms with Crippen LogP contribution in [0.2, 0.25) is 0 Å². The number of aliphatic hydroxyl groups is 1. The molecule has 0 bridgehead atoms. The van der Waals surface area contributed by atoms with Gasteiger partial charge in [0.2, 0.25) is 0 Å². The number of benzene rings is 3. The minimum Gasteiger partial charge on any atom is -0.497 e. The highest BCUT2D eigenvalue weighted by molar-refractivity contribution is 5.96. The number of methoxy groups -OCH3 is 1. The van der Waals surface area contributed by atoms with Crippen molar-refractivity contribution in [1.29, 1.82) is 5.26 Å². The van der Waals surface area contributed by atoms with Gasteiger partial charge in [0.05, 0.1) is 31.4 Å². The maximum absolute atomic E-state index is 12.7.